The molecular formula is C10H12O3. The molecule has 0 fully saturated rings. The predicted molar refractivity (Wildman–Crippen MR) is 49.0 cm³/mol. The third-order valence-corrected chi connectivity index (χ3v) is 1.77. The molecule has 3 heteroatoms. The van der Waals surface area contributed by atoms with Crippen LogP contribution in [0.1, 0.15) is 15.9 Å². The van der Waals surface area contributed by atoms with Crippen molar-refractivity contribution < 1.29 is 14.6 Å². The molecule has 1 aromatic carbocycles. The molecule has 70 valence electrons. The minimum absolute atomic E-state index is 0.327. The molecule has 0 unspecified atom stereocenters. The molecule has 0 amide bonds. The van der Waals surface area contributed by atoms with Gasteiger partial charge in [0, 0.05) is 7.11 Å². The zero-order valence-corrected chi connectivity index (χ0v) is 7.49. The highest BCUT2D eigenvalue weighted by molar-refractivity contribution is 5.87. The Kier molecular flexibility index (Phi) is 3.46. The van der Waals surface area contributed by atoms with E-state index >= 15 is 0 Å². The minimum atomic E-state index is -0.890. The third kappa shape index (κ3) is 2.87. The van der Waals surface area contributed by atoms with E-state index < -0.39 is 5.97 Å². The lowest BCUT2D eigenvalue weighted by Crippen LogP contribution is -1.99. The standard InChI is InChI=1S/C10H12O3/c1-13-6-5-8-3-2-4-9(7-8)10(11)12/h2-4,7H,5-6H2,1H3,(H,11,12). The molecule has 0 radical (unpaired) electrons. The first-order valence-corrected chi connectivity index (χ1v) is 4.05. The Hall–Kier alpha value is -1.35. The van der Waals surface area contributed by atoms with Crippen molar-refractivity contribution in [2.75, 3.05) is 13.7 Å². The largest absolute Gasteiger partial charge is 0.478 e. The van der Waals surface area contributed by atoms with Crippen LogP contribution in [0.15, 0.2) is 24.3 Å². The van der Waals surface area contributed by atoms with Crippen LogP contribution in [0.25, 0.3) is 0 Å². The summed E-state index contributed by atoms with van der Waals surface area (Å²) < 4.78 is 4.90. The maximum absolute atomic E-state index is 10.6. The Balaban J connectivity index is 2.73. The van der Waals surface area contributed by atoms with E-state index in [1.54, 1.807) is 25.3 Å². The number of carbonyl (C=O) groups is 1. The number of ether oxygens (including phenoxy) is 1. The van der Waals surface area contributed by atoms with E-state index in [2.05, 4.69) is 0 Å². The van der Waals surface area contributed by atoms with Crippen LogP contribution >= 0.6 is 0 Å². The van der Waals surface area contributed by atoms with Crippen molar-refractivity contribution in [2.45, 2.75) is 6.42 Å². The first-order chi connectivity index (χ1) is 6.24. The molecule has 0 bridgehead atoms. The summed E-state index contributed by atoms with van der Waals surface area (Å²) in [6.45, 7) is 0.614. The number of benzene rings is 1. The topological polar surface area (TPSA) is 46.5 Å². The number of hydrogen-bond acceptors (Lipinski definition) is 2. The fourth-order valence-corrected chi connectivity index (χ4v) is 1.08. The van der Waals surface area contributed by atoms with E-state index in [1.807, 2.05) is 6.07 Å². The van der Waals surface area contributed by atoms with Gasteiger partial charge in [-0.1, -0.05) is 12.1 Å². The summed E-state index contributed by atoms with van der Waals surface area (Å²) in [5.41, 5.74) is 1.32. The van der Waals surface area contributed by atoms with E-state index in [0.29, 0.717) is 12.2 Å². The molecule has 0 spiro atoms. The van der Waals surface area contributed by atoms with Crippen LogP contribution in [-0.2, 0) is 11.2 Å². The minimum Gasteiger partial charge on any atom is -0.478 e. The van der Waals surface area contributed by atoms with Crippen LogP contribution < -0.4 is 0 Å². The van der Waals surface area contributed by atoms with Crippen LogP contribution in [-0.4, -0.2) is 24.8 Å². The maximum Gasteiger partial charge on any atom is 0.335 e. The molecule has 0 aliphatic heterocycles. The van der Waals surface area contributed by atoms with Crippen molar-refractivity contribution in [1.29, 1.82) is 0 Å². The van der Waals surface area contributed by atoms with Gasteiger partial charge in [0.25, 0.3) is 0 Å². The summed E-state index contributed by atoms with van der Waals surface area (Å²) in [5.74, 6) is -0.890. The second kappa shape index (κ2) is 4.62. The second-order valence-corrected chi connectivity index (χ2v) is 2.75. The van der Waals surface area contributed by atoms with Crippen LogP contribution in [0.5, 0.6) is 0 Å². The smallest absolute Gasteiger partial charge is 0.335 e. The molecule has 0 saturated carbocycles. The molecule has 0 aromatic heterocycles. The quantitative estimate of drug-likeness (QED) is 0.765. The van der Waals surface area contributed by atoms with Gasteiger partial charge in [-0.15, -0.1) is 0 Å². The number of carboxylic acids is 1. The third-order valence-electron chi connectivity index (χ3n) is 1.77. The number of rotatable bonds is 4. The van der Waals surface area contributed by atoms with Crippen molar-refractivity contribution in [3.63, 3.8) is 0 Å². The second-order valence-electron chi connectivity index (χ2n) is 2.75. The SMILES string of the molecule is COCCc1cccc(C(=O)O)c1. The highest BCUT2D eigenvalue weighted by Crippen LogP contribution is 2.05. The van der Waals surface area contributed by atoms with Gasteiger partial charge >= 0.3 is 5.97 Å². The number of carboxylic acid groups (broad SMARTS) is 1. The van der Waals surface area contributed by atoms with Crippen molar-refractivity contribution >= 4 is 5.97 Å². The van der Waals surface area contributed by atoms with Crippen molar-refractivity contribution in [3.05, 3.63) is 35.4 Å². The lowest BCUT2D eigenvalue weighted by atomic mass is 10.1. The Bertz CT molecular complexity index is 294. The molecule has 0 heterocycles. The fourth-order valence-electron chi connectivity index (χ4n) is 1.08. The van der Waals surface area contributed by atoms with Crippen molar-refractivity contribution in [3.8, 4) is 0 Å². The van der Waals surface area contributed by atoms with E-state index in [0.717, 1.165) is 12.0 Å². The number of methoxy groups -OCH3 is 1. The Labute approximate surface area is 77.0 Å². The van der Waals surface area contributed by atoms with Gasteiger partial charge in [0.2, 0.25) is 0 Å². The Morgan fingerprint density at radius 3 is 2.92 bits per heavy atom. The van der Waals surface area contributed by atoms with Gasteiger partial charge in [-0.05, 0) is 24.1 Å². The first-order valence-electron chi connectivity index (χ1n) is 4.05. The van der Waals surface area contributed by atoms with Gasteiger partial charge in [0.1, 0.15) is 0 Å². The molecule has 0 atom stereocenters. The molecule has 13 heavy (non-hydrogen) atoms. The van der Waals surface area contributed by atoms with E-state index in [4.69, 9.17) is 9.84 Å². The molecule has 3 nitrogen and oxygen atoms in total. The monoisotopic (exact) mass is 180 g/mol. The summed E-state index contributed by atoms with van der Waals surface area (Å²) >= 11 is 0. The Morgan fingerprint density at radius 2 is 2.31 bits per heavy atom. The van der Waals surface area contributed by atoms with Gasteiger partial charge in [-0.25, -0.2) is 4.79 Å². The molecule has 0 saturated heterocycles. The van der Waals surface area contributed by atoms with E-state index in [9.17, 15) is 4.79 Å². The normalized spacial score (nSPS) is 9.92. The molecule has 0 aliphatic carbocycles. The number of aromatic carboxylic acids is 1. The first kappa shape index (κ1) is 9.74. The van der Waals surface area contributed by atoms with Crippen molar-refractivity contribution in [1.82, 2.24) is 0 Å². The lowest BCUT2D eigenvalue weighted by molar-refractivity contribution is 0.0696. The fraction of sp³-hybridized carbons (Fsp3) is 0.300. The van der Waals surface area contributed by atoms with Gasteiger partial charge in [-0.2, -0.15) is 0 Å². The van der Waals surface area contributed by atoms with Gasteiger partial charge in [0.15, 0.2) is 0 Å². The molecule has 1 aromatic rings. The average Bonchev–Trinajstić information content (AvgIpc) is 2.15. The summed E-state index contributed by atoms with van der Waals surface area (Å²) in [6, 6.07) is 6.89. The summed E-state index contributed by atoms with van der Waals surface area (Å²) in [6.07, 6.45) is 0.748. The zero-order chi connectivity index (χ0) is 9.68. The Morgan fingerprint density at radius 1 is 1.54 bits per heavy atom. The molecule has 0 aliphatic rings. The van der Waals surface area contributed by atoms with Crippen LogP contribution in [0.2, 0.25) is 0 Å². The maximum atomic E-state index is 10.6. The van der Waals surface area contributed by atoms with Gasteiger partial charge < -0.3 is 9.84 Å². The molecule has 1 rings (SSSR count). The molecule has 1 N–H and O–H groups in total. The number of hydrogen-bond donors (Lipinski definition) is 1. The summed E-state index contributed by atoms with van der Waals surface area (Å²) in [4.78, 5) is 10.6. The van der Waals surface area contributed by atoms with E-state index in [-0.39, 0.29) is 0 Å². The highest BCUT2D eigenvalue weighted by atomic mass is 16.5. The van der Waals surface area contributed by atoms with Gasteiger partial charge in [-0.3, -0.25) is 0 Å². The van der Waals surface area contributed by atoms with Gasteiger partial charge in [0.05, 0.1) is 12.2 Å². The van der Waals surface area contributed by atoms with Crippen LogP contribution in [0, 0.1) is 0 Å². The predicted octanol–water partition coefficient (Wildman–Crippen LogP) is 1.57. The van der Waals surface area contributed by atoms with Crippen molar-refractivity contribution in [2.24, 2.45) is 0 Å². The summed E-state index contributed by atoms with van der Waals surface area (Å²) in [7, 11) is 1.63. The average molecular weight is 180 g/mol. The van der Waals surface area contributed by atoms with E-state index in [1.165, 1.54) is 0 Å². The molecular weight excluding hydrogens is 168 g/mol. The highest BCUT2D eigenvalue weighted by Gasteiger charge is 2.02. The van der Waals surface area contributed by atoms with Crippen LogP contribution in [0.4, 0.5) is 0 Å². The van der Waals surface area contributed by atoms with Crippen LogP contribution in [0.3, 0.4) is 0 Å². The summed E-state index contributed by atoms with van der Waals surface area (Å²) in [5, 5.41) is 8.70. The zero-order valence-electron chi connectivity index (χ0n) is 7.49. The lowest BCUT2D eigenvalue weighted by Gasteiger charge is -2.01.